The van der Waals surface area contributed by atoms with Crippen LogP contribution in [0.15, 0.2) is 18.2 Å². The number of fused-ring (bicyclic) bond motifs is 1. The van der Waals surface area contributed by atoms with E-state index >= 15 is 0 Å². The van der Waals surface area contributed by atoms with Crippen LogP contribution in [0.25, 0.3) is 0 Å². The maximum atomic E-state index is 5.65. The van der Waals surface area contributed by atoms with Crippen LogP contribution in [0.5, 0.6) is 11.5 Å². The molecule has 19 heavy (non-hydrogen) atoms. The van der Waals surface area contributed by atoms with Crippen molar-refractivity contribution in [3.8, 4) is 11.5 Å². The molecule has 3 heteroatoms. The Labute approximate surface area is 115 Å². The third-order valence-electron chi connectivity index (χ3n) is 4.16. The van der Waals surface area contributed by atoms with Gasteiger partial charge in [-0.15, -0.1) is 0 Å². The summed E-state index contributed by atoms with van der Waals surface area (Å²) in [6.45, 7) is 3.54. The fourth-order valence-corrected chi connectivity index (χ4v) is 3.05. The van der Waals surface area contributed by atoms with Crippen LogP contribution < -0.4 is 14.8 Å². The number of hydrogen-bond donors (Lipinski definition) is 1. The van der Waals surface area contributed by atoms with Crippen LogP contribution in [0.4, 0.5) is 0 Å². The highest BCUT2D eigenvalue weighted by Crippen LogP contribution is 2.33. The molecule has 1 unspecified atom stereocenters. The number of ether oxygens (including phenoxy) is 2. The van der Waals surface area contributed by atoms with E-state index in [-0.39, 0.29) is 0 Å². The van der Waals surface area contributed by atoms with Crippen LogP contribution in [0.2, 0.25) is 0 Å². The second kappa shape index (κ2) is 5.83. The highest BCUT2D eigenvalue weighted by atomic mass is 16.6. The summed E-state index contributed by atoms with van der Waals surface area (Å²) in [5.74, 6) is 1.76. The molecule has 104 valence electrons. The van der Waals surface area contributed by atoms with Gasteiger partial charge < -0.3 is 14.8 Å². The lowest BCUT2D eigenvalue weighted by Crippen LogP contribution is -2.33. The minimum Gasteiger partial charge on any atom is -0.486 e. The minimum atomic E-state index is 0.374. The van der Waals surface area contributed by atoms with Gasteiger partial charge in [-0.2, -0.15) is 0 Å². The zero-order valence-corrected chi connectivity index (χ0v) is 11.7. The first-order chi connectivity index (χ1) is 9.33. The minimum absolute atomic E-state index is 0.374. The lowest BCUT2D eigenvalue weighted by Gasteiger charge is -2.27. The molecule has 1 heterocycles. The third kappa shape index (κ3) is 3.03. The van der Waals surface area contributed by atoms with E-state index in [4.69, 9.17) is 9.47 Å². The Morgan fingerprint density at radius 1 is 1.05 bits per heavy atom. The molecule has 1 N–H and O–H groups in total. The molecule has 0 aromatic heterocycles. The monoisotopic (exact) mass is 261 g/mol. The van der Waals surface area contributed by atoms with Crippen LogP contribution in [0.3, 0.4) is 0 Å². The third-order valence-corrected chi connectivity index (χ3v) is 4.16. The van der Waals surface area contributed by atoms with E-state index in [2.05, 4.69) is 24.4 Å². The molecule has 3 rings (SSSR count). The summed E-state index contributed by atoms with van der Waals surface area (Å²) in [6, 6.07) is 7.35. The van der Waals surface area contributed by atoms with Crippen molar-refractivity contribution < 1.29 is 9.47 Å². The van der Waals surface area contributed by atoms with Gasteiger partial charge in [0.05, 0.1) is 0 Å². The molecule has 1 aliphatic carbocycles. The molecular weight excluding hydrogens is 238 g/mol. The number of benzene rings is 1. The van der Waals surface area contributed by atoms with E-state index in [0.29, 0.717) is 25.3 Å². The molecule has 3 nitrogen and oxygen atoms in total. The molecule has 1 fully saturated rings. The fraction of sp³-hybridized carbons (Fsp3) is 0.625. The van der Waals surface area contributed by atoms with Crippen molar-refractivity contribution in [2.45, 2.75) is 51.1 Å². The summed E-state index contributed by atoms with van der Waals surface area (Å²) in [4.78, 5) is 0. The SMILES string of the molecule is CC(NC1CCCCC1)c1ccc2c(c1)OCCO2. The zero-order chi connectivity index (χ0) is 13.1. The van der Waals surface area contributed by atoms with Crippen molar-refractivity contribution >= 4 is 0 Å². The number of hydrogen-bond acceptors (Lipinski definition) is 3. The van der Waals surface area contributed by atoms with Crippen molar-refractivity contribution in [1.29, 1.82) is 0 Å². The Hall–Kier alpha value is -1.22. The van der Waals surface area contributed by atoms with Crippen LogP contribution >= 0.6 is 0 Å². The molecule has 1 aromatic rings. The Balaban J connectivity index is 1.67. The van der Waals surface area contributed by atoms with Crippen molar-refractivity contribution in [1.82, 2.24) is 5.32 Å². The summed E-state index contributed by atoms with van der Waals surface area (Å²) in [6.07, 6.45) is 6.76. The normalized spacial score (nSPS) is 21.1. The first kappa shape index (κ1) is 12.8. The largest absolute Gasteiger partial charge is 0.486 e. The predicted molar refractivity (Wildman–Crippen MR) is 75.9 cm³/mol. The van der Waals surface area contributed by atoms with Crippen LogP contribution in [-0.4, -0.2) is 19.3 Å². The van der Waals surface area contributed by atoms with Crippen LogP contribution in [0, 0.1) is 0 Å². The molecule has 0 radical (unpaired) electrons. The van der Waals surface area contributed by atoms with E-state index in [0.717, 1.165) is 11.5 Å². The Morgan fingerprint density at radius 3 is 2.58 bits per heavy atom. The van der Waals surface area contributed by atoms with Crippen LogP contribution in [0.1, 0.15) is 50.6 Å². The molecule has 0 spiro atoms. The first-order valence-corrected chi connectivity index (χ1v) is 7.48. The highest BCUT2D eigenvalue weighted by Gasteiger charge is 2.18. The van der Waals surface area contributed by atoms with Crippen molar-refractivity contribution in [3.05, 3.63) is 23.8 Å². The molecule has 1 aliphatic heterocycles. The first-order valence-electron chi connectivity index (χ1n) is 7.48. The van der Waals surface area contributed by atoms with E-state index in [1.54, 1.807) is 0 Å². The fourth-order valence-electron chi connectivity index (χ4n) is 3.05. The standard InChI is InChI=1S/C16H23NO2/c1-12(17-14-5-3-2-4-6-14)13-7-8-15-16(11-13)19-10-9-18-15/h7-8,11-12,14,17H,2-6,9-10H2,1H3. The summed E-state index contributed by atoms with van der Waals surface area (Å²) in [5, 5.41) is 3.75. The van der Waals surface area contributed by atoms with E-state index in [1.807, 2.05) is 6.07 Å². The summed E-state index contributed by atoms with van der Waals surface area (Å²) >= 11 is 0. The van der Waals surface area contributed by atoms with Crippen molar-refractivity contribution in [2.24, 2.45) is 0 Å². The molecule has 1 aromatic carbocycles. The van der Waals surface area contributed by atoms with Gasteiger partial charge in [-0.25, -0.2) is 0 Å². The average molecular weight is 261 g/mol. The Kier molecular flexibility index (Phi) is 3.92. The molecule has 1 saturated carbocycles. The zero-order valence-electron chi connectivity index (χ0n) is 11.7. The Morgan fingerprint density at radius 2 is 1.79 bits per heavy atom. The van der Waals surface area contributed by atoms with Crippen molar-refractivity contribution in [2.75, 3.05) is 13.2 Å². The van der Waals surface area contributed by atoms with Crippen LogP contribution in [-0.2, 0) is 0 Å². The lowest BCUT2D eigenvalue weighted by molar-refractivity contribution is 0.171. The smallest absolute Gasteiger partial charge is 0.161 e. The topological polar surface area (TPSA) is 30.5 Å². The summed E-state index contributed by atoms with van der Waals surface area (Å²) in [7, 11) is 0. The second-order valence-electron chi connectivity index (χ2n) is 5.63. The van der Waals surface area contributed by atoms with Crippen molar-refractivity contribution in [3.63, 3.8) is 0 Å². The van der Waals surface area contributed by atoms with Gasteiger partial charge in [0.1, 0.15) is 13.2 Å². The summed E-state index contributed by atoms with van der Waals surface area (Å²) < 4.78 is 11.2. The molecule has 2 aliphatic rings. The predicted octanol–water partition coefficient (Wildman–Crippen LogP) is 3.44. The average Bonchev–Trinajstić information content (AvgIpc) is 2.48. The number of nitrogens with one attached hydrogen (secondary N) is 1. The second-order valence-corrected chi connectivity index (χ2v) is 5.63. The van der Waals surface area contributed by atoms with Gasteiger partial charge in [-0.3, -0.25) is 0 Å². The molecule has 0 bridgehead atoms. The lowest BCUT2D eigenvalue weighted by atomic mass is 9.94. The molecule has 0 saturated heterocycles. The highest BCUT2D eigenvalue weighted by molar-refractivity contribution is 5.44. The molecule has 0 amide bonds. The van der Waals surface area contributed by atoms with E-state index in [1.165, 1.54) is 37.7 Å². The maximum Gasteiger partial charge on any atom is 0.161 e. The van der Waals surface area contributed by atoms with E-state index < -0.39 is 0 Å². The molecular formula is C16H23NO2. The van der Waals surface area contributed by atoms with Gasteiger partial charge in [-0.05, 0) is 37.5 Å². The quantitative estimate of drug-likeness (QED) is 0.904. The number of rotatable bonds is 3. The van der Waals surface area contributed by atoms with Gasteiger partial charge in [0.2, 0.25) is 0 Å². The van der Waals surface area contributed by atoms with E-state index in [9.17, 15) is 0 Å². The molecule has 1 atom stereocenters. The van der Waals surface area contributed by atoms with Gasteiger partial charge in [0.15, 0.2) is 11.5 Å². The van der Waals surface area contributed by atoms with Gasteiger partial charge in [-0.1, -0.05) is 25.3 Å². The maximum absolute atomic E-state index is 5.65. The van der Waals surface area contributed by atoms with Gasteiger partial charge in [0, 0.05) is 12.1 Å². The van der Waals surface area contributed by atoms with Gasteiger partial charge >= 0.3 is 0 Å². The van der Waals surface area contributed by atoms with Gasteiger partial charge in [0.25, 0.3) is 0 Å². The summed E-state index contributed by atoms with van der Waals surface area (Å²) in [5.41, 5.74) is 1.29. The Bertz CT molecular complexity index is 427.